The Morgan fingerprint density at radius 2 is 2.24 bits per heavy atom. The molecule has 0 spiro atoms. The Morgan fingerprint density at radius 1 is 1.47 bits per heavy atom. The van der Waals surface area contributed by atoms with Crippen LogP contribution in [-0.4, -0.2) is 14.9 Å². The Bertz CT molecular complexity index is 527. The standard InChI is InChI=1S/C12H12BrFN2O/c1-16-5-4-9(15-16)7-12(17)10-6-8(13)2-3-11(10)14/h2-6,12,17H,7H2,1H3. The van der Waals surface area contributed by atoms with Gasteiger partial charge in [0, 0.05) is 29.7 Å². The molecule has 1 N–H and O–H groups in total. The second-order valence-electron chi connectivity index (χ2n) is 3.87. The van der Waals surface area contributed by atoms with E-state index in [1.807, 2.05) is 0 Å². The Balaban J connectivity index is 2.19. The monoisotopic (exact) mass is 298 g/mol. The van der Waals surface area contributed by atoms with Crippen LogP contribution in [0, 0.1) is 5.82 Å². The molecule has 5 heteroatoms. The average molecular weight is 299 g/mol. The van der Waals surface area contributed by atoms with E-state index in [-0.39, 0.29) is 5.56 Å². The third-order valence-corrected chi connectivity index (χ3v) is 2.98. The highest BCUT2D eigenvalue weighted by Crippen LogP contribution is 2.24. The lowest BCUT2D eigenvalue weighted by Gasteiger charge is -2.10. The summed E-state index contributed by atoms with van der Waals surface area (Å²) in [6, 6.07) is 6.33. The molecule has 1 heterocycles. The summed E-state index contributed by atoms with van der Waals surface area (Å²) in [5, 5.41) is 14.1. The molecule has 1 aromatic carbocycles. The number of rotatable bonds is 3. The van der Waals surface area contributed by atoms with Gasteiger partial charge in [-0.25, -0.2) is 4.39 Å². The van der Waals surface area contributed by atoms with Crippen molar-refractivity contribution in [3.63, 3.8) is 0 Å². The van der Waals surface area contributed by atoms with Crippen LogP contribution in [0.15, 0.2) is 34.9 Å². The normalized spacial score (nSPS) is 12.7. The van der Waals surface area contributed by atoms with Crippen LogP contribution < -0.4 is 0 Å². The zero-order chi connectivity index (χ0) is 12.4. The lowest BCUT2D eigenvalue weighted by atomic mass is 10.0. The summed E-state index contributed by atoms with van der Waals surface area (Å²) < 4.78 is 15.9. The second kappa shape index (κ2) is 4.98. The summed E-state index contributed by atoms with van der Waals surface area (Å²) in [5.74, 6) is -0.406. The number of halogens is 2. The fourth-order valence-corrected chi connectivity index (χ4v) is 2.03. The third-order valence-electron chi connectivity index (χ3n) is 2.49. The highest BCUT2D eigenvalue weighted by Gasteiger charge is 2.15. The molecule has 0 aliphatic heterocycles. The highest BCUT2D eigenvalue weighted by atomic mass is 79.9. The molecule has 0 aliphatic rings. The van der Waals surface area contributed by atoms with E-state index in [1.54, 1.807) is 36.1 Å². The number of hydrogen-bond acceptors (Lipinski definition) is 2. The molecule has 3 nitrogen and oxygen atoms in total. The van der Waals surface area contributed by atoms with Gasteiger partial charge in [-0.05, 0) is 24.3 Å². The average Bonchev–Trinajstić information content (AvgIpc) is 2.67. The summed E-state index contributed by atoms with van der Waals surface area (Å²) in [6.07, 6.45) is 1.20. The zero-order valence-corrected chi connectivity index (χ0v) is 10.9. The minimum Gasteiger partial charge on any atom is -0.388 e. The van der Waals surface area contributed by atoms with Gasteiger partial charge in [0.1, 0.15) is 5.82 Å². The first-order valence-electron chi connectivity index (χ1n) is 5.18. The van der Waals surface area contributed by atoms with Gasteiger partial charge in [-0.15, -0.1) is 0 Å². The maximum absolute atomic E-state index is 13.5. The van der Waals surface area contributed by atoms with Gasteiger partial charge in [-0.3, -0.25) is 4.68 Å². The lowest BCUT2D eigenvalue weighted by molar-refractivity contribution is 0.172. The molecule has 1 aromatic heterocycles. The van der Waals surface area contributed by atoms with Gasteiger partial charge < -0.3 is 5.11 Å². The molecule has 0 bridgehead atoms. The summed E-state index contributed by atoms with van der Waals surface area (Å²) in [6.45, 7) is 0. The fourth-order valence-electron chi connectivity index (χ4n) is 1.65. The van der Waals surface area contributed by atoms with E-state index in [1.165, 1.54) is 6.07 Å². The summed E-state index contributed by atoms with van der Waals surface area (Å²) in [5.41, 5.74) is 1.02. The molecule has 0 aliphatic carbocycles. The Labute approximate surface area is 107 Å². The van der Waals surface area contributed by atoms with Crippen molar-refractivity contribution >= 4 is 15.9 Å². The van der Waals surface area contributed by atoms with Crippen LogP contribution in [0.4, 0.5) is 4.39 Å². The molecule has 2 aromatic rings. The molecule has 90 valence electrons. The van der Waals surface area contributed by atoms with Gasteiger partial charge in [0.2, 0.25) is 0 Å². The van der Waals surface area contributed by atoms with Crippen molar-refractivity contribution in [3.8, 4) is 0 Å². The van der Waals surface area contributed by atoms with Crippen LogP contribution in [0.3, 0.4) is 0 Å². The van der Waals surface area contributed by atoms with Gasteiger partial charge in [0.25, 0.3) is 0 Å². The molecular weight excluding hydrogens is 287 g/mol. The molecule has 2 rings (SSSR count). The molecule has 17 heavy (non-hydrogen) atoms. The largest absolute Gasteiger partial charge is 0.388 e. The maximum atomic E-state index is 13.5. The van der Waals surface area contributed by atoms with E-state index in [0.717, 1.165) is 10.2 Å². The molecule has 0 fully saturated rings. The molecule has 0 saturated carbocycles. The summed E-state index contributed by atoms with van der Waals surface area (Å²) >= 11 is 3.26. The van der Waals surface area contributed by atoms with E-state index in [2.05, 4.69) is 21.0 Å². The SMILES string of the molecule is Cn1ccc(CC(O)c2cc(Br)ccc2F)n1. The van der Waals surface area contributed by atoms with Gasteiger partial charge in [-0.2, -0.15) is 5.10 Å². The van der Waals surface area contributed by atoms with Crippen molar-refractivity contribution in [2.24, 2.45) is 7.05 Å². The Kier molecular flexibility index (Phi) is 3.59. The van der Waals surface area contributed by atoms with Gasteiger partial charge in [0.15, 0.2) is 0 Å². The van der Waals surface area contributed by atoms with Crippen LogP contribution >= 0.6 is 15.9 Å². The second-order valence-corrected chi connectivity index (χ2v) is 4.78. The predicted octanol–water partition coefficient (Wildman–Crippen LogP) is 2.60. The number of aryl methyl sites for hydroxylation is 1. The molecule has 1 unspecified atom stereocenters. The smallest absolute Gasteiger partial charge is 0.129 e. The fraction of sp³-hybridized carbons (Fsp3) is 0.250. The number of aromatic nitrogens is 2. The minimum atomic E-state index is -0.887. The molecule has 1 atom stereocenters. The molecule has 0 amide bonds. The first-order valence-corrected chi connectivity index (χ1v) is 5.97. The Morgan fingerprint density at radius 3 is 2.88 bits per heavy atom. The topological polar surface area (TPSA) is 38.0 Å². The van der Waals surface area contributed by atoms with Crippen molar-refractivity contribution in [1.82, 2.24) is 9.78 Å². The van der Waals surface area contributed by atoms with Crippen molar-refractivity contribution in [2.45, 2.75) is 12.5 Å². The van der Waals surface area contributed by atoms with Crippen LogP contribution in [0.2, 0.25) is 0 Å². The van der Waals surface area contributed by atoms with E-state index >= 15 is 0 Å². The zero-order valence-electron chi connectivity index (χ0n) is 9.27. The van der Waals surface area contributed by atoms with E-state index in [4.69, 9.17) is 0 Å². The van der Waals surface area contributed by atoms with Crippen LogP contribution in [0.25, 0.3) is 0 Å². The van der Waals surface area contributed by atoms with Gasteiger partial charge in [0.05, 0.1) is 11.8 Å². The maximum Gasteiger partial charge on any atom is 0.129 e. The first kappa shape index (κ1) is 12.3. The van der Waals surface area contributed by atoms with E-state index in [9.17, 15) is 9.50 Å². The van der Waals surface area contributed by atoms with Crippen molar-refractivity contribution in [1.29, 1.82) is 0 Å². The first-order chi connectivity index (χ1) is 8.06. The van der Waals surface area contributed by atoms with Crippen LogP contribution in [0.5, 0.6) is 0 Å². The van der Waals surface area contributed by atoms with Crippen LogP contribution in [0.1, 0.15) is 17.4 Å². The van der Waals surface area contributed by atoms with E-state index < -0.39 is 11.9 Å². The van der Waals surface area contributed by atoms with Crippen molar-refractivity contribution < 1.29 is 9.50 Å². The predicted molar refractivity (Wildman–Crippen MR) is 66.0 cm³/mol. The molecule has 0 saturated heterocycles. The number of hydrogen-bond donors (Lipinski definition) is 1. The molecular formula is C12H12BrFN2O. The van der Waals surface area contributed by atoms with Gasteiger partial charge in [-0.1, -0.05) is 15.9 Å². The number of aliphatic hydroxyl groups is 1. The highest BCUT2D eigenvalue weighted by molar-refractivity contribution is 9.10. The van der Waals surface area contributed by atoms with E-state index in [0.29, 0.717) is 6.42 Å². The van der Waals surface area contributed by atoms with Crippen molar-refractivity contribution in [3.05, 3.63) is 52.0 Å². The summed E-state index contributed by atoms with van der Waals surface area (Å²) in [4.78, 5) is 0. The number of nitrogens with zero attached hydrogens (tertiary/aromatic N) is 2. The number of aliphatic hydroxyl groups excluding tert-OH is 1. The quantitative estimate of drug-likeness (QED) is 0.946. The summed E-state index contributed by atoms with van der Waals surface area (Å²) in [7, 11) is 1.80. The Hall–Kier alpha value is -1.20. The van der Waals surface area contributed by atoms with Crippen LogP contribution in [-0.2, 0) is 13.5 Å². The molecule has 0 radical (unpaired) electrons. The third kappa shape index (κ3) is 2.92. The lowest BCUT2D eigenvalue weighted by Crippen LogP contribution is -2.05. The van der Waals surface area contributed by atoms with Crippen molar-refractivity contribution in [2.75, 3.05) is 0 Å². The van der Waals surface area contributed by atoms with Gasteiger partial charge >= 0.3 is 0 Å². The minimum absolute atomic E-state index is 0.282. The number of benzene rings is 1.